The van der Waals surface area contributed by atoms with Crippen molar-refractivity contribution in [3.63, 3.8) is 0 Å². The number of hydrogen-bond donors (Lipinski definition) is 1. The van der Waals surface area contributed by atoms with Gasteiger partial charge < -0.3 is 10.6 Å². The van der Waals surface area contributed by atoms with E-state index in [4.69, 9.17) is 5.73 Å². The van der Waals surface area contributed by atoms with Crippen LogP contribution in [0.15, 0.2) is 18.3 Å². The van der Waals surface area contributed by atoms with Gasteiger partial charge >= 0.3 is 0 Å². The Kier molecular flexibility index (Phi) is 4.22. The molecule has 4 nitrogen and oxygen atoms in total. The van der Waals surface area contributed by atoms with Crippen LogP contribution in [0.25, 0.3) is 0 Å². The highest BCUT2D eigenvalue weighted by molar-refractivity contribution is 5.46. The third-order valence-corrected chi connectivity index (χ3v) is 4.78. The van der Waals surface area contributed by atoms with Gasteiger partial charge in [0, 0.05) is 25.2 Å². The fourth-order valence-electron chi connectivity index (χ4n) is 3.39. The van der Waals surface area contributed by atoms with E-state index in [1.54, 1.807) is 0 Å². The molecule has 0 aliphatic carbocycles. The number of anilines is 1. The van der Waals surface area contributed by atoms with E-state index in [2.05, 4.69) is 33.8 Å². The van der Waals surface area contributed by atoms with Gasteiger partial charge in [0.25, 0.3) is 0 Å². The van der Waals surface area contributed by atoms with Crippen LogP contribution in [0.4, 0.5) is 5.69 Å². The summed E-state index contributed by atoms with van der Waals surface area (Å²) in [6, 6.07) is 5.09. The van der Waals surface area contributed by atoms with Crippen LogP contribution < -0.4 is 10.6 Å². The third-order valence-electron chi connectivity index (χ3n) is 4.78. The van der Waals surface area contributed by atoms with Gasteiger partial charge in [0.2, 0.25) is 0 Å². The van der Waals surface area contributed by atoms with Crippen molar-refractivity contribution < 1.29 is 0 Å². The quantitative estimate of drug-likeness (QED) is 0.914. The minimum atomic E-state index is 0.0694. The minimum Gasteiger partial charge on any atom is -0.369 e. The van der Waals surface area contributed by atoms with Crippen LogP contribution in [0.1, 0.15) is 44.3 Å². The van der Waals surface area contributed by atoms with E-state index in [1.165, 1.54) is 38.0 Å². The maximum Gasteiger partial charge on any atom is 0.0572 e. The first-order valence-corrected chi connectivity index (χ1v) is 7.98. The molecule has 2 fully saturated rings. The normalized spacial score (nSPS) is 25.3. The highest BCUT2D eigenvalue weighted by Crippen LogP contribution is 2.25. The number of hydrogen-bond acceptors (Lipinski definition) is 4. The molecule has 110 valence electrons. The fourth-order valence-corrected chi connectivity index (χ4v) is 3.39. The summed E-state index contributed by atoms with van der Waals surface area (Å²) in [5.41, 5.74) is 8.27. The molecule has 3 heterocycles. The Bertz CT molecular complexity index is 425. The third kappa shape index (κ3) is 2.81. The van der Waals surface area contributed by atoms with Crippen molar-refractivity contribution in [1.29, 1.82) is 0 Å². The summed E-state index contributed by atoms with van der Waals surface area (Å²) in [6.45, 7) is 6.99. The van der Waals surface area contributed by atoms with Crippen molar-refractivity contribution in [1.82, 2.24) is 9.88 Å². The predicted octanol–water partition coefficient (Wildman–Crippen LogP) is 2.17. The smallest absolute Gasteiger partial charge is 0.0572 e. The lowest BCUT2D eigenvalue weighted by molar-refractivity contribution is 0.260. The van der Waals surface area contributed by atoms with E-state index < -0.39 is 0 Å². The molecule has 2 N–H and O–H groups in total. The molecule has 1 aromatic heterocycles. The van der Waals surface area contributed by atoms with E-state index in [0.717, 1.165) is 31.2 Å². The minimum absolute atomic E-state index is 0.0694. The van der Waals surface area contributed by atoms with E-state index in [0.29, 0.717) is 0 Å². The van der Waals surface area contributed by atoms with Crippen LogP contribution in [0, 0.1) is 0 Å². The van der Waals surface area contributed by atoms with Crippen molar-refractivity contribution in [3.8, 4) is 0 Å². The second-order valence-corrected chi connectivity index (χ2v) is 6.09. The lowest BCUT2D eigenvalue weighted by atomic mass is 10.1. The van der Waals surface area contributed by atoms with Crippen LogP contribution in [0.2, 0.25) is 0 Å². The Morgan fingerprint density at radius 2 is 2.10 bits per heavy atom. The summed E-state index contributed by atoms with van der Waals surface area (Å²) < 4.78 is 0. The molecule has 2 saturated heterocycles. The van der Waals surface area contributed by atoms with Gasteiger partial charge in [-0.2, -0.15) is 0 Å². The average Bonchev–Trinajstić information content (AvgIpc) is 3.17. The highest BCUT2D eigenvalue weighted by atomic mass is 15.3. The molecule has 1 unspecified atom stereocenters. The van der Waals surface area contributed by atoms with Gasteiger partial charge in [-0.25, -0.2) is 0 Å². The van der Waals surface area contributed by atoms with Gasteiger partial charge in [0.05, 0.1) is 17.6 Å². The molecule has 0 aromatic carbocycles. The Morgan fingerprint density at radius 1 is 1.30 bits per heavy atom. The lowest BCUT2D eigenvalue weighted by Crippen LogP contribution is -2.35. The molecular formula is C16H26N4. The van der Waals surface area contributed by atoms with Crippen LogP contribution in [-0.2, 0) is 0 Å². The number of nitrogens with two attached hydrogens (primary N) is 1. The molecule has 0 amide bonds. The molecule has 0 spiro atoms. The van der Waals surface area contributed by atoms with Gasteiger partial charge in [-0.1, -0.05) is 6.92 Å². The largest absolute Gasteiger partial charge is 0.369 e. The van der Waals surface area contributed by atoms with Crippen LogP contribution >= 0.6 is 0 Å². The predicted molar refractivity (Wildman–Crippen MR) is 82.9 cm³/mol. The van der Waals surface area contributed by atoms with Crippen molar-refractivity contribution in [2.24, 2.45) is 5.73 Å². The molecule has 2 atom stereocenters. The molecule has 0 radical (unpaired) electrons. The molecular weight excluding hydrogens is 248 g/mol. The standard InChI is InChI=1S/C16H26N4/c1-2-15(17)16-6-5-13(11-18-16)20-10-7-14(12-20)19-8-3-4-9-19/h5-6,11,14-15H,2-4,7-10,12,17H2,1H3/t14?,15-/m0/s1. The summed E-state index contributed by atoms with van der Waals surface area (Å²) in [6.07, 6.45) is 6.98. The average molecular weight is 274 g/mol. The number of pyridine rings is 1. The fraction of sp³-hybridized carbons (Fsp3) is 0.688. The van der Waals surface area contributed by atoms with E-state index in [1.807, 2.05) is 6.20 Å². The van der Waals surface area contributed by atoms with Crippen molar-refractivity contribution in [3.05, 3.63) is 24.0 Å². The topological polar surface area (TPSA) is 45.4 Å². The second kappa shape index (κ2) is 6.10. The Hall–Kier alpha value is -1.13. The summed E-state index contributed by atoms with van der Waals surface area (Å²) in [5.74, 6) is 0. The van der Waals surface area contributed by atoms with Crippen molar-refractivity contribution in [2.75, 3.05) is 31.1 Å². The summed E-state index contributed by atoms with van der Waals surface area (Å²) in [7, 11) is 0. The Labute approximate surface area is 122 Å². The monoisotopic (exact) mass is 274 g/mol. The van der Waals surface area contributed by atoms with Crippen molar-refractivity contribution in [2.45, 2.75) is 44.7 Å². The van der Waals surface area contributed by atoms with Gasteiger partial charge in [0.1, 0.15) is 0 Å². The molecule has 2 aliphatic heterocycles. The molecule has 4 heteroatoms. The zero-order valence-corrected chi connectivity index (χ0v) is 12.5. The summed E-state index contributed by atoms with van der Waals surface area (Å²) >= 11 is 0. The molecule has 0 saturated carbocycles. The van der Waals surface area contributed by atoms with E-state index >= 15 is 0 Å². The zero-order valence-electron chi connectivity index (χ0n) is 12.5. The zero-order chi connectivity index (χ0) is 13.9. The second-order valence-electron chi connectivity index (χ2n) is 6.09. The molecule has 2 aliphatic rings. The SMILES string of the molecule is CC[C@H](N)c1ccc(N2CCC(N3CCCC3)C2)cn1. The first-order chi connectivity index (χ1) is 9.78. The summed E-state index contributed by atoms with van der Waals surface area (Å²) in [4.78, 5) is 9.67. The summed E-state index contributed by atoms with van der Waals surface area (Å²) in [5, 5.41) is 0. The van der Waals surface area contributed by atoms with Crippen LogP contribution in [0.3, 0.4) is 0 Å². The maximum atomic E-state index is 6.02. The Balaban J connectivity index is 1.62. The van der Waals surface area contributed by atoms with E-state index in [-0.39, 0.29) is 6.04 Å². The molecule has 0 bridgehead atoms. The number of nitrogens with zero attached hydrogens (tertiary/aromatic N) is 3. The van der Waals surface area contributed by atoms with E-state index in [9.17, 15) is 0 Å². The first kappa shape index (κ1) is 13.8. The number of likely N-dealkylation sites (tertiary alicyclic amines) is 1. The molecule has 1 aromatic rings. The number of aromatic nitrogens is 1. The maximum absolute atomic E-state index is 6.02. The van der Waals surface area contributed by atoms with Crippen LogP contribution in [-0.4, -0.2) is 42.1 Å². The van der Waals surface area contributed by atoms with Crippen LogP contribution in [0.5, 0.6) is 0 Å². The molecule has 20 heavy (non-hydrogen) atoms. The van der Waals surface area contributed by atoms with Gasteiger partial charge in [-0.3, -0.25) is 9.88 Å². The Morgan fingerprint density at radius 3 is 2.75 bits per heavy atom. The first-order valence-electron chi connectivity index (χ1n) is 7.98. The van der Waals surface area contributed by atoms with Gasteiger partial charge in [-0.15, -0.1) is 0 Å². The molecule has 3 rings (SSSR count). The van der Waals surface area contributed by atoms with Crippen molar-refractivity contribution >= 4 is 5.69 Å². The van der Waals surface area contributed by atoms with Gasteiger partial charge in [0.15, 0.2) is 0 Å². The van der Waals surface area contributed by atoms with Gasteiger partial charge in [-0.05, 0) is 50.9 Å². The lowest BCUT2D eigenvalue weighted by Gasteiger charge is -2.24. The highest BCUT2D eigenvalue weighted by Gasteiger charge is 2.29. The number of rotatable bonds is 4.